The first kappa shape index (κ1) is 31.8. The van der Waals surface area contributed by atoms with Crippen LogP contribution >= 0.6 is 0 Å². The van der Waals surface area contributed by atoms with Gasteiger partial charge in [-0.15, -0.1) is 53.6 Å². The van der Waals surface area contributed by atoms with Gasteiger partial charge in [0.25, 0.3) is 0 Å². The Hall–Kier alpha value is -4.93. The number of para-hydroxylation sites is 1. The molecule has 0 saturated carbocycles. The van der Waals surface area contributed by atoms with Gasteiger partial charge in [0.2, 0.25) is 0 Å². The molecule has 5 heteroatoms. The van der Waals surface area contributed by atoms with E-state index in [1.54, 1.807) is 12.1 Å². The minimum atomic E-state index is -2.13. The van der Waals surface area contributed by atoms with Crippen LogP contribution in [0.5, 0.6) is 0 Å². The predicted molar refractivity (Wildman–Crippen MR) is 217 cm³/mol. The van der Waals surface area contributed by atoms with Crippen LogP contribution in [-0.4, -0.2) is 18.0 Å². The van der Waals surface area contributed by atoms with Gasteiger partial charge in [0.1, 0.15) is 5.58 Å². The first-order chi connectivity index (χ1) is 26.2. The molecule has 8 rings (SSSR count). The maximum Gasteiger partial charge on any atom is 0.128 e. The number of furan rings is 1. The summed E-state index contributed by atoms with van der Waals surface area (Å²) in [5.41, 5.74) is 10.7. The van der Waals surface area contributed by atoms with E-state index >= 15 is 0 Å². The number of nitrogens with zero attached hydrogens (tertiary/aromatic N) is 2. The number of aromatic nitrogens is 2. The molecule has 0 N–H and O–H groups in total. The van der Waals surface area contributed by atoms with Crippen LogP contribution in [0.2, 0.25) is 19.6 Å². The summed E-state index contributed by atoms with van der Waals surface area (Å²) in [5, 5.41) is 3.37. The van der Waals surface area contributed by atoms with Crippen LogP contribution in [-0.2, 0) is 20.1 Å². The van der Waals surface area contributed by atoms with Crippen molar-refractivity contribution in [2.45, 2.75) is 46.2 Å². The molecule has 261 valence electrons. The molecule has 0 aliphatic rings. The van der Waals surface area contributed by atoms with Crippen LogP contribution in [0.15, 0.2) is 144 Å². The number of rotatable bonds is 6. The molecule has 52 heavy (non-hydrogen) atoms. The van der Waals surface area contributed by atoms with Crippen molar-refractivity contribution >= 4 is 35.2 Å². The molecule has 0 aliphatic carbocycles. The SMILES string of the molecule is [2H]C([2H])([2H])c1c[c-]c(-c2cc(C([2H])(C)C)c([Si](C)(C)C)cn2)cc1.[Ir].[c-]1ccc2c(oc3c(-c4ccccc4)cccc32)c1-c1cc(-c2ccccc2)ccn1. The molecule has 0 fully saturated rings. The van der Waals surface area contributed by atoms with E-state index in [2.05, 4.69) is 108 Å². The normalized spacial score (nSPS) is 12.9. The van der Waals surface area contributed by atoms with Crippen molar-refractivity contribution in [2.75, 3.05) is 0 Å². The van der Waals surface area contributed by atoms with E-state index in [4.69, 9.17) is 9.90 Å². The summed E-state index contributed by atoms with van der Waals surface area (Å²) in [5.74, 6) is -0.716. The molecule has 3 aromatic heterocycles. The second kappa shape index (κ2) is 15.8. The minimum absolute atomic E-state index is 0. The zero-order chi connectivity index (χ0) is 39.0. The fourth-order valence-corrected chi connectivity index (χ4v) is 7.96. The quantitative estimate of drug-likeness (QED) is 0.123. The molecule has 5 aromatic carbocycles. The summed E-state index contributed by atoms with van der Waals surface area (Å²) < 4.78 is 37.3. The smallest absolute Gasteiger partial charge is 0.128 e. The molecule has 0 atom stereocenters. The Morgan fingerprint density at radius 1 is 0.712 bits per heavy atom. The van der Waals surface area contributed by atoms with E-state index in [-0.39, 0.29) is 25.7 Å². The fraction of sp³-hybridized carbons (Fsp3) is 0.149. The van der Waals surface area contributed by atoms with Gasteiger partial charge in [-0.25, -0.2) is 0 Å². The van der Waals surface area contributed by atoms with Crippen LogP contribution in [0.4, 0.5) is 0 Å². The van der Waals surface area contributed by atoms with E-state index in [1.807, 2.05) is 68.7 Å². The molecule has 0 aliphatic heterocycles. The first-order valence-electron chi connectivity index (χ1n) is 19.2. The zero-order valence-corrected chi connectivity index (χ0v) is 33.3. The molecular formula is C47H42IrN2OSi-2. The van der Waals surface area contributed by atoms with Crippen LogP contribution < -0.4 is 5.19 Å². The fourth-order valence-electron chi connectivity index (χ4n) is 6.37. The third-order valence-corrected chi connectivity index (χ3v) is 11.0. The maximum absolute atomic E-state index is 8.48. The van der Waals surface area contributed by atoms with Gasteiger partial charge >= 0.3 is 0 Å². The third kappa shape index (κ3) is 7.78. The summed E-state index contributed by atoms with van der Waals surface area (Å²) in [6.07, 6.45) is 3.74. The number of aryl methyl sites for hydroxylation is 1. The number of benzene rings is 5. The van der Waals surface area contributed by atoms with Crippen molar-refractivity contribution in [3.63, 3.8) is 0 Å². The standard InChI is InChI=1S/C29H18NO.C18H24NSi.Ir/c1-3-9-20(10-4-1)22-17-18-30-27(19-22)26-16-8-15-25-24-14-7-13-23(28(24)31-29(25)26)21-11-5-2-6-12-21;1-13(2)16-11-17(15-9-7-14(3)8-10-15)19-12-18(16)20(4,5)6;/h1-15,17-19H;7-9,11-13H,1-6H3;/q2*-1;/i;3D3,13D;. The molecule has 0 unspecified atom stereocenters. The molecule has 3 heterocycles. The number of pyridine rings is 2. The Labute approximate surface area is 327 Å². The van der Waals surface area contributed by atoms with Crippen molar-refractivity contribution < 1.29 is 30.0 Å². The van der Waals surface area contributed by atoms with Crippen molar-refractivity contribution in [1.82, 2.24) is 9.97 Å². The average molecular weight is 875 g/mol. The monoisotopic (exact) mass is 875 g/mol. The van der Waals surface area contributed by atoms with Crippen LogP contribution in [0, 0.1) is 19.0 Å². The van der Waals surface area contributed by atoms with Gasteiger partial charge < -0.3 is 14.4 Å². The Morgan fingerprint density at radius 3 is 2.12 bits per heavy atom. The predicted octanol–water partition coefficient (Wildman–Crippen LogP) is 12.3. The second-order valence-electron chi connectivity index (χ2n) is 13.9. The molecule has 0 saturated heterocycles. The Balaban J connectivity index is 0.000000194. The topological polar surface area (TPSA) is 38.9 Å². The summed E-state index contributed by atoms with van der Waals surface area (Å²) in [6.45, 7) is 8.38. The van der Waals surface area contributed by atoms with E-state index in [0.717, 1.165) is 72.3 Å². The largest absolute Gasteiger partial charge is 0.500 e. The molecule has 0 amide bonds. The molecule has 1 radical (unpaired) electrons. The third-order valence-electron chi connectivity index (χ3n) is 9.01. The number of hydrogen-bond acceptors (Lipinski definition) is 3. The van der Waals surface area contributed by atoms with Gasteiger partial charge in [0.05, 0.1) is 13.7 Å². The summed E-state index contributed by atoms with van der Waals surface area (Å²) in [6, 6.07) is 48.4. The van der Waals surface area contributed by atoms with E-state index < -0.39 is 20.8 Å². The number of hydrogen-bond donors (Lipinski definition) is 0. The summed E-state index contributed by atoms with van der Waals surface area (Å²) in [7, 11) is -1.61. The molecule has 3 nitrogen and oxygen atoms in total. The molecule has 0 spiro atoms. The van der Waals surface area contributed by atoms with E-state index in [9.17, 15) is 0 Å². The summed E-state index contributed by atoms with van der Waals surface area (Å²) in [4.78, 5) is 9.21. The van der Waals surface area contributed by atoms with Gasteiger partial charge in [-0.2, -0.15) is 0 Å². The van der Waals surface area contributed by atoms with Gasteiger partial charge in [-0.05, 0) is 45.2 Å². The van der Waals surface area contributed by atoms with Crippen molar-refractivity contribution in [2.24, 2.45) is 0 Å². The maximum atomic E-state index is 8.48. The second-order valence-corrected chi connectivity index (χ2v) is 18.9. The van der Waals surface area contributed by atoms with Crippen LogP contribution in [0.3, 0.4) is 0 Å². The average Bonchev–Trinajstić information content (AvgIpc) is 3.57. The van der Waals surface area contributed by atoms with Gasteiger partial charge in [0, 0.05) is 48.9 Å². The van der Waals surface area contributed by atoms with Crippen molar-refractivity contribution in [3.05, 3.63) is 163 Å². The Morgan fingerprint density at radius 2 is 1.44 bits per heavy atom. The van der Waals surface area contributed by atoms with Crippen LogP contribution in [0.1, 0.15) is 36.4 Å². The van der Waals surface area contributed by atoms with E-state index in [1.165, 1.54) is 11.3 Å². The summed E-state index contributed by atoms with van der Waals surface area (Å²) >= 11 is 0. The van der Waals surface area contributed by atoms with Crippen molar-refractivity contribution in [1.29, 1.82) is 0 Å². The molecule has 8 aromatic rings. The molecule has 0 bridgehead atoms. The number of fused-ring (bicyclic) bond motifs is 3. The zero-order valence-electron chi connectivity index (χ0n) is 33.9. The van der Waals surface area contributed by atoms with Gasteiger partial charge in [-0.3, -0.25) is 0 Å². The van der Waals surface area contributed by atoms with Crippen molar-refractivity contribution in [3.8, 4) is 44.8 Å². The van der Waals surface area contributed by atoms with Gasteiger partial charge in [-0.1, -0.05) is 148 Å². The Kier molecular flexibility index (Phi) is 9.63. The van der Waals surface area contributed by atoms with Crippen LogP contribution in [0.25, 0.3) is 66.7 Å². The van der Waals surface area contributed by atoms with Gasteiger partial charge in [0.15, 0.2) is 0 Å². The first-order valence-corrected chi connectivity index (χ1v) is 20.7. The van der Waals surface area contributed by atoms with E-state index in [0.29, 0.717) is 0 Å². The minimum Gasteiger partial charge on any atom is -0.500 e. The molecular weight excluding hydrogens is 829 g/mol. The Bertz CT molecular complexity index is 2590.